The summed E-state index contributed by atoms with van der Waals surface area (Å²) in [6, 6.07) is 13.1. The van der Waals surface area contributed by atoms with Crippen molar-refractivity contribution in [2.75, 3.05) is 5.32 Å². The lowest BCUT2D eigenvalue weighted by molar-refractivity contribution is 0.102. The second-order valence-electron chi connectivity index (χ2n) is 8.83. The summed E-state index contributed by atoms with van der Waals surface area (Å²) in [4.78, 5) is 20.8. The van der Waals surface area contributed by atoms with Crippen molar-refractivity contribution in [1.82, 2.24) is 24.3 Å². The Kier molecular flexibility index (Phi) is 6.53. The molecule has 3 aromatic heterocycles. The van der Waals surface area contributed by atoms with Crippen molar-refractivity contribution in [3.63, 3.8) is 0 Å². The van der Waals surface area contributed by atoms with Gasteiger partial charge in [0.1, 0.15) is 5.75 Å². The van der Waals surface area contributed by atoms with E-state index in [-0.39, 0.29) is 11.3 Å². The van der Waals surface area contributed by atoms with Crippen LogP contribution in [0.4, 0.5) is 5.82 Å². The van der Waals surface area contributed by atoms with E-state index in [0.29, 0.717) is 23.0 Å². The van der Waals surface area contributed by atoms with Crippen molar-refractivity contribution in [1.29, 1.82) is 0 Å². The molecular weight excluding hydrogens is 416 g/mol. The fourth-order valence-electron chi connectivity index (χ4n) is 3.29. The monoisotopic (exact) mass is 444 g/mol. The molecular formula is C25H28N6O2. The summed E-state index contributed by atoms with van der Waals surface area (Å²) in [6.45, 7) is 8.12. The maximum atomic E-state index is 12.5. The first kappa shape index (κ1) is 22.3. The van der Waals surface area contributed by atoms with Crippen molar-refractivity contribution < 1.29 is 9.53 Å². The molecule has 0 aliphatic heterocycles. The molecule has 170 valence electrons. The Morgan fingerprint density at radius 3 is 2.52 bits per heavy atom. The predicted molar refractivity (Wildman–Crippen MR) is 126 cm³/mol. The van der Waals surface area contributed by atoms with Gasteiger partial charge in [0, 0.05) is 50.0 Å². The smallest absolute Gasteiger partial charge is 0.258 e. The Bertz CT molecular complexity index is 1170. The number of carbonyl (C=O) groups excluding carboxylic acids is 1. The lowest BCUT2D eigenvalue weighted by Crippen LogP contribution is -2.13. The zero-order valence-electron chi connectivity index (χ0n) is 19.1. The lowest BCUT2D eigenvalue weighted by atomic mass is 9.87. The summed E-state index contributed by atoms with van der Waals surface area (Å²) in [7, 11) is 0. The van der Waals surface area contributed by atoms with Gasteiger partial charge < -0.3 is 14.6 Å². The SMILES string of the molecule is CC(C)(C)c1ccc(Oc2ccc(C(=O)Nc3ccn(CCCn4ccnc4)n3)cn2)cc1. The third-order valence-electron chi connectivity index (χ3n) is 5.19. The molecule has 33 heavy (non-hydrogen) atoms. The first-order valence-electron chi connectivity index (χ1n) is 10.9. The Hall–Kier alpha value is -3.94. The maximum absolute atomic E-state index is 12.5. The number of rotatable bonds is 8. The number of hydrogen-bond acceptors (Lipinski definition) is 5. The van der Waals surface area contributed by atoms with E-state index in [1.54, 1.807) is 30.7 Å². The molecule has 0 radical (unpaired) electrons. The van der Waals surface area contributed by atoms with Gasteiger partial charge in [0.15, 0.2) is 5.82 Å². The number of pyridine rings is 1. The number of imidazole rings is 1. The van der Waals surface area contributed by atoms with E-state index in [2.05, 4.69) is 41.2 Å². The molecule has 0 saturated carbocycles. The van der Waals surface area contributed by atoms with E-state index in [4.69, 9.17) is 4.74 Å². The standard InChI is InChI=1S/C25H28N6O2/c1-25(2,3)20-6-8-21(9-7-20)33-23-10-5-19(17-27-23)24(32)28-22-11-15-31(29-22)14-4-13-30-16-12-26-18-30/h5-12,15-18H,4,13-14H2,1-3H3,(H,28,29,32). The molecule has 3 heterocycles. The molecule has 0 atom stereocenters. The molecule has 0 aliphatic rings. The highest BCUT2D eigenvalue weighted by Gasteiger charge is 2.13. The molecule has 0 aliphatic carbocycles. The predicted octanol–water partition coefficient (Wildman–Crippen LogP) is 4.91. The van der Waals surface area contributed by atoms with Crippen LogP contribution in [0.2, 0.25) is 0 Å². The second kappa shape index (κ2) is 9.68. The number of ether oxygens (including phenoxy) is 1. The molecule has 1 aromatic carbocycles. The van der Waals surface area contributed by atoms with Crippen molar-refractivity contribution in [2.45, 2.75) is 45.7 Å². The number of nitrogens with zero attached hydrogens (tertiary/aromatic N) is 5. The molecule has 8 nitrogen and oxygen atoms in total. The fraction of sp³-hybridized carbons (Fsp3) is 0.280. The third kappa shape index (κ3) is 6.06. The highest BCUT2D eigenvalue weighted by molar-refractivity contribution is 6.03. The van der Waals surface area contributed by atoms with Crippen LogP contribution in [0, 0.1) is 0 Å². The quantitative estimate of drug-likeness (QED) is 0.417. The topological polar surface area (TPSA) is 86.9 Å². The van der Waals surface area contributed by atoms with E-state index < -0.39 is 0 Å². The first-order valence-corrected chi connectivity index (χ1v) is 10.9. The molecule has 1 amide bonds. The summed E-state index contributed by atoms with van der Waals surface area (Å²) < 4.78 is 9.64. The van der Waals surface area contributed by atoms with E-state index in [0.717, 1.165) is 19.5 Å². The van der Waals surface area contributed by atoms with E-state index >= 15 is 0 Å². The number of hydrogen-bond donors (Lipinski definition) is 1. The second-order valence-corrected chi connectivity index (χ2v) is 8.83. The Balaban J connectivity index is 1.29. The number of benzene rings is 1. The molecule has 4 rings (SSSR count). The van der Waals surface area contributed by atoms with Crippen LogP contribution in [0.15, 0.2) is 73.6 Å². The highest BCUT2D eigenvalue weighted by Crippen LogP contribution is 2.26. The van der Waals surface area contributed by atoms with Crippen molar-refractivity contribution in [2.24, 2.45) is 0 Å². The number of carbonyl (C=O) groups is 1. The Labute approximate surface area is 193 Å². The van der Waals surface area contributed by atoms with Crippen LogP contribution in [0.3, 0.4) is 0 Å². The molecule has 0 spiro atoms. The van der Waals surface area contributed by atoms with Crippen LogP contribution < -0.4 is 10.1 Å². The van der Waals surface area contributed by atoms with Crippen LogP contribution in [-0.4, -0.2) is 30.2 Å². The molecule has 0 fully saturated rings. The molecule has 0 unspecified atom stereocenters. The normalized spacial score (nSPS) is 11.4. The molecule has 4 aromatic rings. The largest absolute Gasteiger partial charge is 0.439 e. The number of amides is 1. The van der Waals surface area contributed by atoms with Gasteiger partial charge in [-0.3, -0.25) is 9.48 Å². The number of anilines is 1. The van der Waals surface area contributed by atoms with Crippen molar-refractivity contribution >= 4 is 11.7 Å². The minimum absolute atomic E-state index is 0.0854. The van der Waals surface area contributed by atoms with Gasteiger partial charge in [-0.15, -0.1) is 0 Å². The average molecular weight is 445 g/mol. The zero-order valence-corrected chi connectivity index (χ0v) is 19.1. The van der Waals surface area contributed by atoms with Gasteiger partial charge in [-0.2, -0.15) is 5.10 Å². The summed E-state index contributed by atoms with van der Waals surface area (Å²) >= 11 is 0. The number of nitrogens with one attached hydrogen (secondary N) is 1. The Morgan fingerprint density at radius 1 is 1.03 bits per heavy atom. The Morgan fingerprint density at radius 2 is 1.85 bits per heavy atom. The first-order chi connectivity index (χ1) is 15.9. The van der Waals surface area contributed by atoms with Gasteiger partial charge in [-0.1, -0.05) is 32.9 Å². The number of aryl methyl sites for hydroxylation is 2. The van der Waals surface area contributed by atoms with Crippen LogP contribution in [0.1, 0.15) is 43.1 Å². The van der Waals surface area contributed by atoms with Gasteiger partial charge in [0.25, 0.3) is 5.91 Å². The van der Waals surface area contributed by atoms with Gasteiger partial charge in [-0.05, 0) is 35.6 Å². The molecule has 8 heteroatoms. The maximum Gasteiger partial charge on any atom is 0.258 e. The minimum Gasteiger partial charge on any atom is -0.439 e. The highest BCUT2D eigenvalue weighted by atomic mass is 16.5. The van der Waals surface area contributed by atoms with E-state index in [9.17, 15) is 4.79 Å². The molecule has 0 bridgehead atoms. The van der Waals surface area contributed by atoms with Crippen LogP contribution in [-0.2, 0) is 18.5 Å². The van der Waals surface area contributed by atoms with Gasteiger partial charge in [-0.25, -0.2) is 9.97 Å². The third-order valence-corrected chi connectivity index (χ3v) is 5.19. The van der Waals surface area contributed by atoms with Crippen molar-refractivity contribution in [3.05, 3.63) is 84.7 Å². The molecule has 1 N–H and O–H groups in total. The van der Waals surface area contributed by atoms with Crippen LogP contribution in [0.25, 0.3) is 0 Å². The van der Waals surface area contributed by atoms with E-state index in [1.807, 2.05) is 45.9 Å². The molecule has 0 saturated heterocycles. The summed E-state index contributed by atoms with van der Waals surface area (Å²) in [5.41, 5.74) is 1.75. The van der Waals surface area contributed by atoms with Crippen LogP contribution in [0.5, 0.6) is 11.6 Å². The summed E-state index contributed by atoms with van der Waals surface area (Å²) in [5, 5.41) is 7.21. The van der Waals surface area contributed by atoms with Gasteiger partial charge >= 0.3 is 0 Å². The summed E-state index contributed by atoms with van der Waals surface area (Å²) in [5.74, 6) is 1.36. The van der Waals surface area contributed by atoms with Gasteiger partial charge in [0.05, 0.1) is 11.9 Å². The summed E-state index contributed by atoms with van der Waals surface area (Å²) in [6.07, 6.45) is 9.75. The minimum atomic E-state index is -0.271. The average Bonchev–Trinajstić information content (AvgIpc) is 3.46. The van der Waals surface area contributed by atoms with E-state index in [1.165, 1.54) is 11.8 Å². The van der Waals surface area contributed by atoms with Gasteiger partial charge in [0.2, 0.25) is 5.88 Å². The van der Waals surface area contributed by atoms with Crippen LogP contribution >= 0.6 is 0 Å². The number of aromatic nitrogens is 5. The fourth-order valence-corrected chi connectivity index (χ4v) is 3.29. The van der Waals surface area contributed by atoms with Crippen molar-refractivity contribution in [3.8, 4) is 11.6 Å². The lowest BCUT2D eigenvalue weighted by Gasteiger charge is -2.19. The zero-order chi connectivity index (χ0) is 23.3.